The molecule has 0 radical (unpaired) electrons. The Balaban J connectivity index is 0.000000204. The molecule has 8 aromatic rings. The smallest absolute Gasteiger partial charge is 0.247 e. The summed E-state index contributed by atoms with van der Waals surface area (Å²) in [7, 11) is 2.84. The predicted molar refractivity (Wildman–Crippen MR) is 433 cm³/mol. The number of anilines is 3. The number of hydrogen-bond donors (Lipinski definition) is 23. The maximum atomic E-state index is 13.8. The van der Waals surface area contributed by atoms with Gasteiger partial charge in [0.2, 0.25) is 24.8 Å². The lowest BCUT2D eigenvalue weighted by Gasteiger charge is -2.40. The van der Waals surface area contributed by atoms with Gasteiger partial charge in [-0.3, -0.25) is 21.0 Å². The minimum absolute atomic E-state index is 0.0229. The number of ether oxygens (including phenoxy) is 12. The van der Waals surface area contributed by atoms with Gasteiger partial charge in [-0.05, 0) is 111 Å². The summed E-state index contributed by atoms with van der Waals surface area (Å²) in [6.45, 7) is 5.68. The van der Waals surface area contributed by atoms with Gasteiger partial charge < -0.3 is 162 Å². The van der Waals surface area contributed by atoms with Crippen LogP contribution >= 0.6 is 0 Å². The summed E-state index contributed by atoms with van der Waals surface area (Å²) in [6, 6.07) is 45.6. The molecule has 16 atom stereocenters. The van der Waals surface area contributed by atoms with Gasteiger partial charge in [-0.2, -0.15) is 0 Å². The summed E-state index contributed by atoms with van der Waals surface area (Å²) in [4.78, 5) is 13.8. The lowest BCUT2D eigenvalue weighted by atomic mass is 9.99. The largest absolute Gasteiger partial charge is 0.507 e. The summed E-state index contributed by atoms with van der Waals surface area (Å²) >= 11 is 0. The minimum Gasteiger partial charge on any atom is -0.507 e. The number of aromatic hydroxyl groups is 1. The number of nitrogens with one attached hydrogen (secondary N) is 7. The third kappa shape index (κ3) is 23.9. The van der Waals surface area contributed by atoms with E-state index in [0.717, 1.165) is 16.8 Å². The van der Waals surface area contributed by atoms with E-state index >= 15 is 0 Å². The molecule has 36 nitrogen and oxygen atoms in total. The zero-order chi connectivity index (χ0) is 86.1. The van der Waals surface area contributed by atoms with Crippen LogP contribution in [-0.2, 0) is 45.2 Å². The number of hydrogen-bond acceptors (Lipinski definition) is 32. The number of nitrogens with two attached hydrogens (primary N) is 3. The van der Waals surface area contributed by atoms with Gasteiger partial charge in [0, 0.05) is 88.8 Å². The molecule has 0 saturated carbocycles. The van der Waals surface area contributed by atoms with E-state index in [1.165, 1.54) is 38.5 Å². The summed E-state index contributed by atoms with van der Waals surface area (Å²) < 4.78 is 68.8. The van der Waals surface area contributed by atoms with Gasteiger partial charge in [0.1, 0.15) is 126 Å². The van der Waals surface area contributed by atoms with E-state index in [4.69, 9.17) is 90.3 Å². The monoisotopic (exact) mass is 1660 g/mol. The molecule has 119 heavy (non-hydrogen) atoms. The van der Waals surface area contributed by atoms with Crippen molar-refractivity contribution in [3.05, 3.63) is 208 Å². The lowest BCUT2D eigenvalue weighted by molar-refractivity contribution is -0.277. The van der Waals surface area contributed by atoms with Crippen molar-refractivity contribution >= 4 is 40.5 Å². The summed E-state index contributed by atoms with van der Waals surface area (Å²) in [5.41, 5.74) is 22.9. The molecular formula is C83H104N10O26. The number of amidine groups is 3. The molecule has 8 aromatic carbocycles. The molecule has 3 fully saturated rings. The molecule has 26 N–H and O–H groups in total. The Labute approximate surface area is 685 Å². The first-order chi connectivity index (χ1) is 57.2. The van der Waals surface area contributed by atoms with E-state index in [-0.39, 0.29) is 89.4 Å². The van der Waals surface area contributed by atoms with Crippen molar-refractivity contribution in [3.63, 3.8) is 0 Å². The quantitative estimate of drug-likeness (QED) is 0.0200. The Morgan fingerprint density at radius 1 is 0.420 bits per heavy atom. The molecular weight excluding hydrogens is 1550 g/mol. The van der Waals surface area contributed by atoms with Crippen LogP contribution in [0.15, 0.2) is 164 Å². The van der Waals surface area contributed by atoms with Crippen LogP contribution < -0.4 is 81.1 Å². The third-order valence-corrected chi connectivity index (χ3v) is 19.0. The fraction of sp³-hybridized carbons (Fsp3) is 0.373. The minimum atomic E-state index is -1.70. The number of phenolic OH excluding ortho intramolecular Hbond substituents is 1. The number of aliphatic hydroxyl groups is 12. The summed E-state index contributed by atoms with van der Waals surface area (Å²) in [5, 5.41) is 167. The van der Waals surface area contributed by atoms with Crippen molar-refractivity contribution in [1.82, 2.24) is 5.32 Å². The molecule has 3 saturated heterocycles. The van der Waals surface area contributed by atoms with Crippen molar-refractivity contribution in [1.29, 1.82) is 16.2 Å². The van der Waals surface area contributed by atoms with Crippen LogP contribution in [0.5, 0.6) is 57.5 Å². The van der Waals surface area contributed by atoms with Crippen LogP contribution in [0.25, 0.3) is 0 Å². The number of methoxy groups -OCH3 is 2. The standard InChI is InChI=1S/C30H36N4O9.C29H35N3O8.C24H33N3O9/c1-40-21-12-19(20(13-22(21)41-2)42-30-27(38)26(37)25(36)23(15-35)43-30)24(29(39)33-14-16-6-4-3-5-7-16)34-18-10-8-17(9-11-18)28(31)32;1-2-37-22-12-19(14-32-20-10-8-18(9-11-20)28(30)31)21(13-23(22)38-16-17-6-4-3-5-7-17)39-29-27(36)26(35)25(34)24(15-33)40-29;1-3-33-17-7-12(10-27-13-5-6-14(23(25)26)15(29)8-13)16(9-18(17)34-4-2)35-24-22(32)21(31)20(30)19(11-28)36-24/h3-13,23-27,30,34-38H,14-15H2,1-2H3,(H3,31,32)(H,33,39);3-13,24-27,29,32-36H,2,14-16H2,1H3,(H3,30,31);5-9,19-22,24,27-32H,3-4,10-11H2,1-2H3,(H3,25,26)/t23-,24-,25-,26+,27-,30-;24-,25-,26+,27-,29-;19-,20-,21+,22-,24-/m111/s1. The second-order valence-electron chi connectivity index (χ2n) is 27.2. The molecule has 642 valence electrons. The Morgan fingerprint density at radius 2 is 0.807 bits per heavy atom. The SMILES string of the molecule is CCOc1cc(CNc2ccc(C(=N)N)c(O)c2)c(O[C@@H]2O[C@H](CO)[C@@H](O)[C@H](O)[C@H]2O)cc1OCC.CCOc1cc(CNc2ccc(C(=N)N)cc2)c(O[C@@H]2O[C@H](CO)[C@@H](O)[C@H](O)[C@H]2O)cc1OCc1ccccc1.COc1cc(O[C@@H]2O[C@H](CO)[C@@H](O)[C@H](O)[C@H]2O)c([C@@H](Nc2ccc(C(=N)N)cc2)C(=O)NCc2ccccc2)cc1OC. The van der Waals surface area contributed by atoms with Gasteiger partial charge in [-0.25, -0.2) is 0 Å². The average molecular weight is 1660 g/mol. The highest BCUT2D eigenvalue weighted by Crippen LogP contribution is 2.43. The highest BCUT2D eigenvalue weighted by molar-refractivity contribution is 5.98. The number of amides is 1. The summed E-state index contributed by atoms with van der Waals surface area (Å²) in [6.07, 6.45) is -22.1. The molecule has 3 heterocycles. The zero-order valence-electron chi connectivity index (χ0n) is 65.8. The normalized spacial score (nSPS) is 22.7. The average Bonchev–Trinajstić information content (AvgIpc) is 0.814. The van der Waals surface area contributed by atoms with E-state index in [1.54, 1.807) is 85.8 Å². The van der Waals surface area contributed by atoms with Crippen LogP contribution in [0.1, 0.15) is 71.3 Å². The Kier molecular flexibility index (Phi) is 33.6. The molecule has 0 aliphatic carbocycles. The van der Waals surface area contributed by atoms with Crippen molar-refractivity contribution in [3.8, 4) is 57.5 Å². The van der Waals surface area contributed by atoms with E-state index in [0.29, 0.717) is 76.4 Å². The molecule has 0 aromatic heterocycles. The third-order valence-electron chi connectivity index (χ3n) is 19.0. The van der Waals surface area contributed by atoms with Gasteiger partial charge in [0.15, 0.2) is 34.5 Å². The first-order valence-corrected chi connectivity index (χ1v) is 37.8. The van der Waals surface area contributed by atoms with Gasteiger partial charge in [-0.15, -0.1) is 0 Å². The van der Waals surface area contributed by atoms with Crippen LogP contribution in [0.4, 0.5) is 17.1 Å². The molecule has 0 spiro atoms. The highest BCUT2D eigenvalue weighted by atomic mass is 16.7. The molecule has 11 rings (SSSR count). The van der Waals surface area contributed by atoms with E-state index in [1.807, 2.05) is 74.5 Å². The molecule has 0 unspecified atom stereocenters. The number of carbonyl (C=O) groups is 1. The second kappa shape index (κ2) is 43.8. The number of phenols is 1. The van der Waals surface area contributed by atoms with Crippen molar-refractivity contribution in [2.24, 2.45) is 17.2 Å². The Hall–Kier alpha value is -11.6. The van der Waals surface area contributed by atoms with Crippen LogP contribution in [0.2, 0.25) is 0 Å². The van der Waals surface area contributed by atoms with E-state index in [2.05, 4.69) is 21.3 Å². The zero-order valence-corrected chi connectivity index (χ0v) is 65.8. The fourth-order valence-electron chi connectivity index (χ4n) is 12.5. The van der Waals surface area contributed by atoms with Crippen LogP contribution in [-0.4, -0.2) is 236 Å². The van der Waals surface area contributed by atoms with Gasteiger partial charge in [0.25, 0.3) is 0 Å². The summed E-state index contributed by atoms with van der Waals surface area (Å²) in [5.74, 6) is 1.70. The van der Waals surface area contributed by atoms with E-state index < -0.39 is 124 Å². The molecule has 1 amide bonds. The van der Waals surface area contributed by atoms with Gasteiger partial charge >= 0.3 is 0 Å². The Bertz CT molecular complexity index is 4600. The number of nitrogen functional groups attached to an aromatic ring is 3. The first-order valence-electron chi connectivity index (χ1n) is 37.8. The van der Waals surface area contributed by atoms with Gasteiger partial charge in [0.05, 0.1) is 59.4 Å². The predicted octanol–water partition coefficient (Wildman–Crippen LogP) is 2.64. The second-order valence-corrected chi connectivity index (χ2v) is 27.2. The lowest BCUT2D eigenvalue weighted by Crippen LogP contribution is -2.60. The molecule has 3 aliphatic heterocycles. The molecule has 0 bridgehead atoms. The number of carbonyl (C=O) groups excluding carboxylic acids is 1. The topological polar surface area (TPSA) is 589 Å². The first kappa shape index (κ1) is 91.3. The van der Waals surface area contributed by atoms with Crippen LogP contribution in [0.3, 0.4) is 0 Å². The number of aliphatic hydroxyl groups excluding tert-OH is 12. The number of benzene rings is 8. The highest BCUT2D eigenvalue weighted by Gasteiger charge is 2.48. The van der Waals surface area contributed by atoms with Crippen LogP contribution in [0, 0.1) is 16.2 Å². The van der Waals surface area contributed by atoms with Crippen molar-refractivity contribution < 1.29 is 128 Å². The maximum Gasteiger partial charge on any atom is 0.247 e. The van der Waals surface area contributed by atoms with Crippen molar-refractivity contribution in [2.45, 2.75) is 145 Å². The molecule has 3 aliphatic rings. The molecule has 36 heteroatoms. The Morgan fingerprint density at radius 3 is 1.22 bits per heavy atom. The van der Waals surface area contributed by atoms with Gasteiger partial charge in [-0.1, -0.05) is 60.7 Å². The fourth-order valence-corrected chi connectivity index (χ4v) is 12.5. The number of rotatable bonds is 35. The van der Waals surface area contributed by atoms with Crippen molar-refractivity contribution in [2.75, 3.05) is 69.8 Å². The van der Waals surface area contributed by atoms with E-state index in [9.17, 15) is 71.2 Å². The maximum absolute atomic E-state index is 13.8.